The van der Waals surface area contributed by atoms with E-state index in [0.717, 1.165) is 22.5 Å². The van der Waals surface area contributed by atoms with Crippen molar-refractivity contribution < 1.29 is 12.8 Å². The van der Waals surface area contributed by atoms with Gasteiger partial charge in [-0.15, -0.1) is 0 Å². The zero-order chi connectivity index (χ0) is 17.8. The zero-order valence-electron chi connectivity index (χ0n) is 13.1. The van der Waals surface area contributed by atoms with Gasteiger partial charge < -0.3 is 5.32 Å². The summed E-state index contributed by atoms with van der Waals surface area (Å²) in [7, 11) is -3.96. The van der Waals surface area contributed by atoms with Crippen molar-refractivity contribution in [3.63, 3.8) is 0 Å². The summed E-state index contributed by atoms with van der Waals surface area (Å²) in [5.41, 5.74) is 2.08. The number of fused-ring (bicyclic) bond motifs is 3. The van der Waals surface area contributed by atoms with Crippen molar-refractivity contribution >= 4 is 31.6 Å². The minimum Gasteiger partial charge on any atom is -0.375 e. The van der Waals surface area contributed by atoms with Crippen LogP contribution < -0.4 is 10.5 Å². The summed E-state index contributed by atoms with van der Waals surface area (Å²) >= 11 is 3.43. The fraction of sp³-hybridized carbons (Fsp3) is 0.222. The Morgan fingerprint density at radius 2 is 1.92 bits per heavy atom. The van der Waals surface area contributed by atoms with Gasteiger partial charge in [-0.05, 0) is 47.7 Å². The molecule has 4 rings (SSSR count). The van der Waals surface area contributed by atoms with E-state index in [1.165, 1.54) is 6.07 Å². The van der Waals surface area contributed by atoms with Crippen molar-refractivity contribution in [2.45, 2.75) is 23.3 Å². The van der Waals surface area contributed by atoms with E-state index in [1.54, 1.807) is 0 Å². The quantitative estimate of drug-likeness (QED) is 0.716. The largest absolute Gasteiger partial charge is 0.375 e. The van der Waals surface area contributed by atoms with Gasteiger partial charge in [0.1, 0.15) is 5.82 Å². The van der Waals surface area contributed by atoms with Gasteiger partial charge in [0, 0.05) is 10.4 Å². The maximum Gasteiger partial charge on any atom is 0.238 e. The molecule has 4 nitrogen and oxygen atoms in total. The molecule has 7 heteroatoms. The van der Waals surface area contributed by atoms with Gasteiger partial charge in [0.05, 0.1) is 16.6 Å². The first kappa shape index (κ1) is 16.8. The lowest BCUT2D eigenvalue weighted by Gasteiger charge is -2.37. The predicted octanol–water partition coefficient (Wildman–Crippen LogP) is 4.06. The van der Waals surface area contributed by atoms with Gasteiger partial charge in [0.2, 0.25) is 10.0 Å². The molecule has 0 saturated carbocycles. The second-order valence-corrected chi connectivity index (χ2v) is 8.92. The number of nitrogens with two attached hydrogens (primary N) is 1. The van der Waals surface area contributed by atoms with Gasteiger partial charge in [-0.3, -0.25) is 0 Å². The van der Waals surface area contributed by atoms with Crippen molar-refractivity contribution in [3.05, 3.63) is 70.0 Å². The molecule has 0 fully saturated rings. The Bertz CT molecular complexity index is 973. The summed E-state index contributed by atoms with van der Waals surface area (Å²) in [6.07, 6.45) is 4.95. The molecule has 2 aromatic carbocycles. The number of rotatable bonds is 2. The molecule has 0 aromatic heterocycles. The van der Waals surface area contributed by atoms with Crippen LogP contribution in [0, 0.1) is 11.7 Å². The fourth-order valence-electron chi connectivity index (χ4n) is 3.79. The molecule has 0 spiro atoms. The van der Waals surface area contributed by atoms with Gasteiger partial charge in [-0.25, -0.2) is 17.9 Å². The number of nitrogens with one attached hydrogen (secondary N) is 1. The van der Waals surface area contributed by atoms with Crippen LogP contribution in [0.4, 0.5) is 10.1 Å². The van der Waals surface area contributed by atoms with Crippen molar-refractivity contribution in [2.24, 2.45) is 11.1 Å². The molecular weight excluding hydrogens is 407 g/mol. The van der Waals surface area contributed by atoms with Crippen molar-refractivity contribution in [2.75, 3.05) is 5.32 Å². The molecule has 0 bridgehead atoms. The molecule has 1 heterocycles. The Hall–Kier alpha value is -1.70. The van der Waals surface area contributed by atoms with Crippen LogP contribution in [0.25, 0.3) is 0 Å². The highest BCUT2D eigenvalue weighted by atomic mass is 79.9. The molecule has 2 aromatic rings. The molecule has 0 unspecified atom stereocenters. The van der Waals surface area contributed by atoms with Gasteiger partial charge in [0.15, 0.2) is 0 Å². The molecule has 1 aliphatic heterocycles. The summed E-state index contributed by atoms with van der Waals surface area (Å²) in [5.74, 6) is -0.438. The van der Waals surface area contributed by atoms with E-state index in [9.17, 15) is 12.8 Å². The monoisotopic (exact) mass is 422 g/mol. The van der Waals surface area contributed by atoms with Crippen LogP contribution in [0.5, 0.6) is 0 Å². The third kappa shape index (κ3) is 2.90. The number of sulfonamides is 1. The molecule has 0 saturated heterocycles. The van der Waals surface area contributed by atoms with Gasteiger partial charge in [-0.2, -0.15) is 0 Å². The van der Waals surface area contributed by atoms with Crippen LogP contribution in [-0.4, -0.2) is 8.42 Å². The minimum atomic E-state index is -3.96. The molecule has 25 heavy (non-hydrogen) atoms. The number of allylic oxidation sites excluding steroid dienone is 2. The predicted molar refractivity (Wildman–Crippen MR) is 98.3 cm³/mol. The highest BCUT2D eigenvalue weighted by molar-refractivity contribution is 9.10. The number of anilines is 1. The maximum absolute atomic E-state index is 14.7. The van der Waals surface area contributed by atoms with E-state index in [0.29, 0.717) is 11.3 Å². The Kier molecular flexibility index (Phi) is 3.97. The van der Waals surface area contributed by atoms with E-state index in [-0.39, 0.29) is 22.8 Å². The number of hydrogen-bond acceptors (Lipinski definition) is 3. The average Bonchev–Trinajstić information content (AvgIpc) is 3.04. The van der Waals surface area contributed by atoms with Crippen LogP contribution in [0.1, 0.15) is 29.5 Å². The SMILES string of the molecule is NS(=O)(=O)c1cc(F)c2c(c1)[C@@H]1C=CC[C@@H]1[C@@H](c1ccc(Br)cc1)N2. The van der Waals surface area contributed by atoms with Crippen LogP contribution in [-0.2, 0) is 10.0 Å². The first-order valence-electron chi connectivity index (χ1n) is 7.89. The molecule has 1 aliphatic carbocycles. The summed E-state index contributed by atoms with van der Waals surface area (Å²) in [5, 5.41) is 8.48. The molecule has 0 radical (unpaired) electrons. The van der Waals surface area contributed by atoms with Crippen molar-refractivity contribution in [1.29, 1.82) is 0 Å². The Labute approximate surface area is 154 Å². The van der Waals surface area contributed by atoms with E-state index in [2.05, 4.69) is 27.3 Å². The normalized spacial score (nSPS) is 24.5. The topological polar surface area (TPSA) is 72.2 Å². The second kappa shape index (κ2) is 5.93. The summed E-state index contributed by atoms with van der Waals surface area (Å²) in [6, 6.07) is 10.4. The van der Waals surface area contributed by atoms with Crippen LogP contribution >= 0.6 is 15.9 Å². The van der Waals surface area contributed by atoms with Crippen LogP contribution in [0.15, 0.2) is 57.9 Å². The van der Waals surface area contributed by atoms with Gasteiger partial charge in [0.25, 0.3) is 0 Å². The Morgan fingerprint density at radius 3 is 2.60 bits per heavy atom. The standard InChI is InChI=1S/C18H16BrFN2O2S/c19-11-6-4-10(5-7-11)17-14-3-1-2-13(14)15-8-12(25(21,23)24)9-16(20)18(15)22-17/h1-2,4-9,13-14,17,22H,3H2,(H2,21,23,24)/t13-,14+,17-/m1/s1. The minimum absolute atomic E-state index is 0.0407. The molecule has 3 atom stereocenters. The molecule has 3 N–H and O–H groups in total. The first-order chi connectivity index (χ1) is 11.8. The van der Waals surface area contributed by atoms with Crippen LogP contribution in [0.2, 0.25) is 0 Å². The summed E-state index contributed by atoms with van der Waals surface area (Å²) in [4.78, 5) is -0.188. The van der Waals surface area contributed by atoms with E-state index >= 15 is 0 Å². The maximum atomic E-state index is 14.7. The van der Waals surface area contributed by atoms with Gasteiger partial charge in [-0.1, -0.05) is 40.2 Å². The first-order valence-corrected chi connectivity index (χ1v) is 10.2. The van der Waals surface area contributed by atoms with E-state index < -0.39 is 15.8 Å². The second-order valence-electron chi connectivity index (χ2n) is 6.44. The fourth-order valence-corrected chi connectivity index (χ4v) is 4.62. The van der Waals surface area contributed by atoms with Crippen LogP contribution in [0.3, 0.4) is 0 Å². The number of halogens is 2. The third-order valence-corrected chi connectivity index (χ3v) is 6.37. The average molecular weight is 423 g/mol. The van der Waals surface area contributed by atoms with Crippen molar-refractivity contribution in [1.82, 2.24) is 0 Å². The summed E-state index contributed by atoms with van der Waals surface area (Å²) in [6.45, 7) is 0. The molecule has 2 aliphatic rings. The zero-order valence-corrected chi connectivity index (χ0v) is 15.5. The van der Waals surface area contributed by atoms with E-state index in [1.807, 2.05) is 30.3 Å². The van der Waals surface area contributed by atoms with E-state index in [4.69, 9.17) is 5.14 Å². The number of hydrogen-bond donors (Lipinski definition) is 2. The highest BCUT2D eigenvalue weighted by Crippen LogP contribution is 2.50. The van der Waals surface area contributed by atoms with Crippen molar-refractivity contribution in [3.8, 4) is 0 Å². The van der Waals surface area contributed by atoms with Gasteiger partial charge >= 0.3 is 0 Å². The summed E-state index contributed by atoms with van der Waals surface area (Å²) < 4.78 is 38.9. The third-order valence-electron chi connectivity index (χ3n) is 4.95. The lowest BCUT2D eigenvalue weighted by molar-refractivity contribution is 0.420. The number of benzene rings is 2. The number of primary sulfonamides is 1. The Morgan fingerprint density at radius 1 is 1.20 bits per heavy atom. The molecule has 0 amide bonds. The smallest absolute Gasteiger partial charge is 0.238 e. The molecule has 130 valence electrons. The molecular formula is C18H16BrFN2O2S. The lowest BCUT2D eigenvalue weighted by Crippen LogP contribution is -2.30. The highest BCUT2D eigenvalue weighted by Gasteiger charge is 2.39. The lowest BCUT2D eigenvalue weighted by atomic mass is 9.77. The Balaban J connectivity index is 1.84.